The number of nitrogens with zero attached hydrogens (tertiary/aromatic N) is 4. The largest absolute Gasteiger partial charge is 0.469 e. The zero-order valence-corrected chi connectivity index (χ0v) is 12.5. The Hall–Kier alpha value is -2.30. The van der Waals surface area contributed by atoms with Crippen LogP contribution in [0.25, 0.3) is 0 Å². The summed E-state index contributed by atoms with van der Waals surface area (Å²) in [6, 6.07) is 0. The number of sulfonamides is 1. The van der Waals surface area contributed by atoms with Gasteiger partial charge in [0.25, 0.3) is 22.3 Å². The van der Waals surface area contributed by atoms with E-state index < -0.39 is 23.1 Å². The second-order valence-electron chi connectivity index (χ2n) is 4.27. The molecule has 0 saturated heterocycles. The van der Waals surface area contributed by atoms with Crippen molar-refractivity contribution in [3.05, 3.63) is 24.3 Å². The van der Waals surface area contributed by atoms with Gasteiger partial charge in [0.1, 0.15) is 4.90 Å². The smallest absolute Gasteiger partial charge is 0.272 e. The first-order valence-corrected chi connectivity index (χ1v) is 7.53. The van der Waals surface area contributed by atoms with Crippen molar-refractivity contribution >= 4 is 15.8 Å². The van der Waals surface area contributed by atoms with Crippen LogP contribution in [0.2, 0.25) is 0 Å². The van der Waals surface area contributed by atoms with E-state index in [0.717, 1.165) is 0 Å². The Morgan fingerprint density at radius 1 is 1.36 bits per heavy atom. The molecule has 0 bridgehead atoms. The third-order valence-corrected chi connectivity index (χ3v) is 3.94. The Bertz CT molecular complexity index is 763. The lowest BCUT2D eigenvalue weighted by molar-refractivity contribution is 0.0798. The molecule has 0 atom stereocenters. The van der Waals surface area contributed by atoms with Crippen LogP contribution in [0.5, 0.6) is 5.88 Å². The molecular weight excluding hydrogens is 320 g/mol. The number of aryl methyl sites for hydroxylation is 2. The number of rotatable bonds is 6. The number of hydrogen-bond donors (Lipinski definition) is 1. The van der Waals surface area contributed by atoms with E-state index in [-0.39, 0.29) is 22.3 Å². The minimum Gasteiger partial charge on any atom is -0.469 e. The van der Waals surface area contributed by atoms with Gasteiger partial charge in [0.2, 0.25) is 5.82 Å². The number of alkyl halides is 2. The first-order chi connectivity index (χ1) is 10.3. The number of anilines is 1. The second kappa shape index (κ2) is 6.22. The van der Waals surface area contributed by atoms with Crippen LogP contribution in [0.4, 0.5) is 14.6 Å². The topological polar surface area (TPSA) is 99.0 Å². The molecule has 0 fully saturated rings. The molecule has 2 rings (SSSR count). The molecule has 0 spiro atoms. The fourth-order valence-electron chi connectivity index (χ4n) is 1.67. The van der Waals surface area contributed by atoms with Gasteiger partial charge in [0.05, 0.1) is 5.69 Å². The Labute approximate surface area is 125 Å². The van der Waals surface area contributed by atoms with E-state index in [1.807, 2.05) is 0 Å². The van der Waals surface area contributed by atoms with Crippen LogP contribution in [0.15, 0.2) is 23.5 Å². The lowest BCUT2D eigenvalue weighted by Crippen LogP contribution is -2.17. The van der Waals surface area contributed by atoms with E-state index >= 15 is 0 Å². The summed E-state index contributed by atoms with van der Waals surface area (Å²) in [4.78, 5) is 7.39. The highest BCUT2D eigenvalue weighted by atomic mass is 32.2. The average Bonchev–Trinajstić information content (AvgIpc) is 2.77. The van der Waals surface area contributed by atoms with E-state index in [2.05, 4.69) is 19.8 Å². The quantitative estimate of drug-likeness (QED) is 0.845. The lowest BCUT2D eigenvalue weighted by Gasteiger charge is -2.10. The summed E-state index contributed by atoms with van der Waals surface area (Å²) in [6.07, 6.45) is 1.01. The van der Waals surface area contributed by atoms with Crippen molar-refractivity contribution in [1.29, 1.82) is 0 Å². The molecule has 8 nitrogen and oxygen atoms in total. The summed E-state index contributed by atoms with van der Waals surface area (Å²) in [5.74, 6) is -0.598. The monoisotopic (exact) mass is 333 g/mol. The molecule has 0 aliphatic carbocycles. The molecule has 0 aromatic carbocycles. The highest BCUT2D eigenvalue weighted by Crippen LogP contribution is 2.23. The van der Waals surface area contributed by atoms with Crippen LogP contribution in [0, 0.1) is 6.92 Å². The highest BCUT2D eigenvalue weighted by molar-refractivity contribution is 7.92. The van der Waals surface area contributed by atoms with Crippen molar-refractivity contribution in [3.63, 3.8) is 0 Å². The fourth-order valence-corrected chi connectivity index (χ4v) is 2.89. The van der Waals surface area contributed by atoms with E-state index in [0.29, 0.717) is 0 Å². The number of ether oxygens (including phenoxy) is 1. The van der Waals surface area contributed by atoms with Gasteiger partial charge in [-0.2, -0.15) is 5.10 Å². The lowest BCUT2D eigenvalue weighted by atomic mass is 10.5. The molecule has 0 aliphatic heterocycles. The molecular formula is C11H13F2N5O3S. The van der Waals surface area contributed by atoms with Crippen LogP contribution in [0.3, 0.4) is 0 Å². The summed E-state index contributed by atoms with van der Waals surface area (Å²) in [7, 11) is -2.41. The Kier molecular flexibility index (Phi) is 4.54. The van der Waals surface area contributed by atoms with Crippen LogP contribution >= 0.6 is 0 Å². The number of halogens is 2. The summed E-state index contributed by atoms with van der Waals surface area (Å²) in [5, 5.41) is 3.93. The highest BCUT2D eigenvalue weighted by Gasteiger charge is 2.23. The van der Waals surface area contributed by atoms with E-state index in [9.17, 15) is 17.2 Å². The fraction of sp³-hybridized carbons (Fsp3) is 0.364. The van der Waals surface area contributed by atoms with E-state index in [1.54, 1.807) is 7.05 Å². The maximum absolute atomic E-state index is 12.3. The van der Waals surface area contributed by atoms with Gasteiger partial charge in [-0.15, -0.1) is 0 Å². The molecule has 2 aromatic rings. The molecule has 0 amide bonds. The van der Waals surface area contributed by atoms with Crippen molar-refractivity contribution < 1.29 is 21.9 Å². The van der Waals surface area contributed by atoms with E-state index in [1.165, 1.54) is 30.2 Å². The van der Waals surface area contributed by atoms with Gasteiger partial charge >= 0.3 is 0 Å². The number of aromatic nitrogens is 4. The van der Waals surface area contributed by atoms with Crippen LogP contribution in [-0.2, 0) is 17.1 Å². The maximum atomic E-state index is 12.3. The standard InChI is InChI=1S/C11H13F2N5O3S/c1-7-8(5-18(2)16-7)22(19,20)17-10-11(15-4-3-14-10)21-6-9(12)13/h3-5,9H,6H2,1-2H3,(H,14,17). The summed E-state index contributed by atoms with van der Waals surface area (Å²) < 4.78 is 57.2. The van der Waals surface area contributed by atoms with Gasteiger partial charge in [0, 0.05) is 25.6 Å². The maximum Gasteiger partial charge on any atom is 0.272 e. The van der Waals surface area contributed by atoms with Gasteiger partial charge < -0.3 is 4.74 Å². The van der Waals surface area contributed by atoms with Crippen LogP contribution in [0.1, 0.15) is 5.69 Å². The predicted molar refractivity (Wildman–Crippen MR) is 72.3 cm³/mol. The molecule has 2 aromatic heterocycles. The SMILES string of the molecule is Cc1nn(C)cc1S(=O)(=O)Nc1nccnc1OCC(F)F. The normalized spacial score (nSPS) is 11.7. The first-order valence-electron chi connectivity index (χ1n) is 6.04. The van der Waals surface area contributed by atoms with Gasteiger partial charge in [-0.25, -0.2) is 27.2 Å². The average molecular weight is 333 g/mol. The predicted octanol–water partition coefficient (Wildman–Crippen LogP) is 0.963. The van der Waals surface area contributed by atoms with Crippen LogP contribution < -0.4 is 9.46 Å². The minimum atomic E-state index is -3.99. The minimum absolute atomic E-state index is 0.0551. The van der Waals surface area contributed by atoms with Gasteiger partial charge in [-0.3, -0.25) is 9.40 Å². The van der Waals surface area contributed by atoms with Crippen molar-refractivity contribution in [2.24, 2.45) is 7.05 Å². The van der Waals surface area contributed by atoms with Gasteiger partial charge in [-0.05, 0) is 6.92 Å². The molecule has 0 unspecified atom stereocenters. The van der Waals surface area contributed by atoms with Crippen LogP contribution in [-0.4, -0.2) is 41.2 Å². The Morgan fingerprint density at radius 2 is 2.05 bits per heavy atom. The van der Waals surface area contributed by atoms with Crippen molar-refractivity contribution in [2.75, 3.05) is 11.3 Å². The molecule has 11 heteroatoms. The summed E-state index contributed by atoms with van der Waals surface area (Å²) in [5.41, 5.74) is 0.286. The third kappa shape index (κ3) is 3.67. The molecule has 1 N–H and O–H groups in total. The van der Waals surface area contributed by atoms with Crippen molar-refractivity contribution in [3.8, 4) is 5.88 Å². The molecule has 0 radical (unpaired) electrons. The zero-order chi connectivity index (χ0) is 16.3. The molecule has 0 aliphatic rings. The molecule has 0 saturated carbocycles. The van der Waals surface area contributed by atoms with Gasteiger partial charge in [0.15, 0.2) is 6.61 Å². The first kappa shape index (κ1) is 16.1. The molecule has 2 heterocycles. The third-order valence-electron chi connectivity index (χ3n) is 2.50. The van der Waals surface area contributed by atoms with Crippen molar-refractivity contribution in [2.45, 2.75) is 18.2 Å². The summed E-state index contributed by atoms with van der Waals surface area (Å²) >= 11 is 0. The summed E-state index contributed by atoms with van der Waals surface area (Å²) in [6.45, 7) is 0.610. The second-order valence-corrected chi connectivity index (χ2v) is 5.92. The van der Waals surface area contributed by atoms with Gasteiger partial charge in [-0.1, -0.05) is 0 Å². The Balaban J connectivity index is 2.28. The van der Waals surface area contributed by atoms with E-state index in [4.69, 9.17) is 4.74 Å². The zero-order valence-electron chi connectivity index (χ0n) is 11.7. The molecule has 120 valence electrons. The Morgan fingerprint density at radius 3 is 2.64 bits per heavy atom. The van der Waals surface area contributed by atoms with Crippen molar-refractivity contribution in [1.82, 2.24) is 19.7 Å². The molecule has 22 heavy (non-hydrogen) atoms. The number of nitrogens with one attached hydrogen (secondary N) is 1. The number of hydrogen-bond acceptors (Lipinski definition) is 6.